The fourth-order valence-corrected chi connectivity index (χ4v) is 4.14. The van der Waals surface area contributed by atoms with Gasteiger partial charge >= 0.3 is 0 Å². The van der Waals surface area contributed by atoms with Gasteiger partial charge in [0.05, 0.1) is 26.1 Å². The van der Waals surface area contributed by atoms with E-state index in [0.717, 1.165) is 38.2 Å². The number of hydrogen-bond donors (Lipinski definition) is 0. The van der Waals surface area contributed by atoms with Crippen molar-refractivity contribution in [3.8, 4) is 0 Å². The van der Waals surface area contributed by atoms with Gasteiger partial charge < -0.3 is 9.64 Å². The van der Waals surface area contributed by atoms with Crippen molar-refractivity contribution in [3.63, 3.8) is 0 Å². The number of benzene rings is 2. The van der Waals surface area contributed by atoms with E-state index in [1.807, 2.05) is 23.1 Å². The molecule has 2 heterocycles. The summed E-state index contributed by atoms with van der Waals surface area (Å²) in [4.78, 5) is 16.9. The third kappa shape index (κ3) is 4.07. The van der Waals surface area contributed by atoms with E-state index in [1.165, 1.54) is 11.1 Å². The van der Waals surface area contributed by atoms with Crippen molar-refractivity contribution in [2.45, 2.75) is 38.0 Å². The fraction of sp³-hybridized carbons (Fsp3) is 0.435. The smallest absolute Gasteiger partial charge is 0.227 e. The van der Waals surface area contributed by atoms with Crippen LogP contribution in [0.5, 0.6) is 0 Å². The molecule has 2 aliphatic rings. The van der Waals surface area contributed by atoms with Gasteiger partial charge in [-0.25, -0.2) is 0 Å². The molecule has 4 rings (SSSR count). The van der Waals surface area contributed by atoms with Crippen LogP contribution in [0.15, 0.2) is 54.6 Å². The highest BCUT2D eigenvalue weighted by Crippen LogP contribution is 2.37. The van der Waals surface area contributed by atoms with E-state index in [9.17, 15) is 4.79 Å². The van der Waals surface area contributed by atoms with E-state index in [0.29, 0.717) is 12.5 Å². The number of rotatable bonds is 5. The number of likely N-dealkylation sites (N-methyl/N-ethyl adjacent to an activating group) is 1. The maximum atomic E-state index is 12.5. The van der Waals surface area contributed by atoms with Crippen molar-refractivity contribution in [2.24, 2.45) is 0 Å². The summed E-state index contributed by atoms with van der Waals surface area (Å²) in [6.07, 6.45) is 1.48. The summed E-state index contributed by atoms with van der Waals surface area (Å²) < 4.78 is 6.16. The Labute approximate surface area is 161 Å². The molecule has 0 radical (unpaired) electrons. The van der Waals surface area contributed by atoms with Crippen LogP contribution in [0, 0.1) is 6.92 Å². The number of amides is 1. The minimum Gasteiger partial charge on any atom is -0.370 e. The first kappa shape index (κ1) is 18.2. The normalized spacial score (nSPS) is 20.9. The van der Waals surface area contributed by atoms with Gasteiger partial charge in [0, 0.05) is 12.6 Å². The Hall–Kier alpha value is -2.17. The number of carbonyl (C=O) groups excluding carboxylic acids is 1. The second-order valence-electron chi connectivity index (χ2n) is 8.16. The molecule has 2 fully saturated rings. The third-order valence-corrected chi connectivity index (χ3v) is 5.87. The van der Waals surface area contributed by atoms with Crippen molar-refractivity contribution >= 4 is 5.91 Å². The average molecular weight is 364 g/mol. The van der Waals surface area contributed by atoms with Crippen LogP contribution in [-0.2, 0) is 22.5 Å². The molecular formula is C23H28N2O2. The quantitative estimate of drug-likeness (QED) is 0.818. The third-order valence-electron chi connectivity index (χ3n) is 5.87. The van der Waals surface area contributed by atoms with Gasteiger partial charge in [-0.15, -0.1) is 0 Å². The van der Waals surface area contributed by atoms with Crippen LogP contribution >= 0.6 is 0 Å². The van der Waals surface area contributed by atoms with Gasteiger partial charge in [0.2, 0.25) is 5.91 Å². The van der Waals surface area contributed by atoms with Crippen molar-refractivity contribution in [1.29, 1.82) is 0 Å². The molecule has 2 aromatic rings. The van der Waals surface area contributed by atoms with E-state index < -0.39 is 0 Å². The zero-order valence-electron chi connectivity index (χ0n) is 16.2. The van der Waals surface area contributed by atoms with Crippen LogP contribution in [0.3, 0.4) is 0 Å². The zero-order valence-corrected chi connectivity index (χ0v) is 16.2. The highest BCUT2D eigenvalue weighted by atomic mass is 16.5. The molecule has 0 saturated carbocycles. The molecule has 0 aliphatic carbocycles. The Balaban J connectivity index is 1.27. The Morgan fingerprint density at radius 2 is 1.81 bits per heavy atom. The van der Waals surface area contributed by atoms with E-state index in [2.05, 4.69) is 55.3 Å². The Bertz CT molecular complexity index is 782. The van der Waals surface area contributed by atoms with Crippen molar-refractivity contribution < 1.29 is 9.53 Å². The molecule has 1 amide bonds. The Morgan fingerprint density at radius 1 is 1.11 bits per heavy atom. The Morgan fingerprint density at radius 3 is 2.52 bits per heavy atom. The topological polar surface area (TPSA) is 32.8 Å². The van der Waals surface area contributed by atoms with Crippen LogP contribution in [0.1, 0.15) is 23.1 Å². The van der Waals surface area contributed by atoms with Crippen LogP contribution in [-0.4, -0.2) is 54.1 Å². The molecule has 27 heavy (non-hydrogen) atoms. The SMILES string of the molecule is Cc1ccc(CC(=O)N2CC3(CC(N(C)Cc4ccccc4)CO3)C2)cc1. The van der Waals surface area contributed by atoms with Gasteiger partial charge in [-0.3, -0.25) is 9.69 Å². The first-order chi connectivity index (χ1) is 13.0. The standard InChI is InChI=1S/C23H28N2O2/c1-18-8-10-19(11-9-18)12-22(26)25-16-23(17-25)13-21(15-27-23)24(2)14-20-6-4-3-5-7-20/h3-11,21H,12-17H2,1-2H3. The maximum absolute atomic E-state index is 12.5. The lowest BCUT2D eigenvalue weighted by molar-refractivity contribution is -0.157. The Kier molecular flexibility index (Phi) is 5.02. The lowest BCUT2D eigenvalue weighted by Crippen LogP contribution is -2.63. The number of aryl methyl sites for hydroxylation is 1. The predicted octanol–water partition coefficient (Wildman–Crippen LogP) is 3.04. The van der Waals surface area contributed by atoms with Crippen LogP contribution in [0.25, 0.3) is 0 Å². The summed E-state index contributed by atoms with van der Waals surface area (Å²) in [6, 6.07) is 19.2. The van der Waals surface area contributed by atoms with Gasteiger partial charge in [-0.05, 0) is 31.5 Å². The van der Waals surface area contributed by atoms with Crippen LogP contribution in [0.4, 0.5) is 0 Å². The number of carbonyl (C=O) groups is 1. The van der Waals surface area contributed by atoms with E-state index >= 15 is 0 Å². The minimum absolute atomic E-state index is 0.126. The fourth-order valence-electron chi connectivity index (χ4n) is 4.14. The van der Waals surface area contributed by atoms with Gasteiger partial charge in [0.25, 0.3) is 0 Å². The molecule has 0 aromatic heterocycles. The maximum Gasteiger partial charge on any atom is 0.227 e. The zero-order chi connectivity index (χ0) is 18.9. The first-order valence-electron chi connectivity index (χ1n) is 9.74. The van der Waals surface area contributed by atoms with Crippen molar-refractivity contribution in [2.75, 3.05) is 26.7 Å². The van der Waals surface area contributed by atoms with Crippen molar-refractivity contribution in [1.82, 2.24) is 9.80 Å². The highest BCUT2D eigenvalue weighted by molar-refractivity contribution is 5.80. The van der Waals surface area contributed by atoms with Crippen LogP contribution in [0.2, 0.25) is 0 Å². The molecule has 1 atom stereocenters. The molecule has 4 nitrogen and oxygen atoms in total. The summed E-state index contributed by atoms with van der Waals surface area (Å²) in [5, 5.41) is 0. The summed E-state index contributed by atoms with van der Waals surface area (Å²) in [7, 11) is 2.17. The molecule has 0 bridgehead atoms. The summed E-state index contributed by atoms with van der Waals surface area (Å²) in [5.74, 6) is 0.203. The molecule has 2 aromatic carbocycles. The first-order valence-corrected chi connectivity index (χ1v) is 9.74. The molecular weight excluding hydrogens is 336 g/mol. The van der Waals surface area contributed by atoms with Gasteiger partial charge in [-0.2, -0.15) is 0 Å². The van der Waals surface area contributed by atoms with E-state index in [1.54, 1.807) is 0 Å². The largest absolute Gasteiger partial charge is 0.370 e. The molecule has 1 unspecified atom stereocenters. The monoisotopic (exact) mass is 364 g/mol. The molecule has 142 valence electrons. The van der Waals surface area contributed by atoms with Gasteiger partial charge in [-0.1, -0.05) is 60.2 Å². The lowest BCUT2D eigenvalue weighted by Gasteiger charge is -2.47. The van der Waals surface area contributed by atoms with Gasteiger partial charge in [0.15, 0.2) is 0 Å². The predicted molar refractivity (Wildman–Crippen MR) is 106 cm³/mol. The molecule has 4 heteroatoms. The number of likely N-dealkylation sites (tertiary alicyclic amines) is 1. The average Bonchev–Trinajstić information content (AvgIpc) is 3.09. The summed E-state index contributed by atoms with van der Waals surface area (Å²) >= 11 is 0. The van der Waals surface area contributed by atoms with Crippen molar-refractivity contribution in [3.05, 3.63) is 71.3 Å². The second-order valence-corrected chi connectivity index (χ2v) is 8.16. The van der Waals surface area contributed by atoms with E-state index in [4.69, 9.17) is 4.74 Å². The second kappa shape index (κ2) is 7.45. The van der Waals surface area contributed by atoms with Crippen LogP contribution < -0.4 is 0 Å². The molecule has 0 N–H and O–H groups in total. The van der Waals surface area contributed by atoms with E-state index in [-0.39, 0.29) is 11.5 Å². The summed E-state index contributed by atoms with van der Waals surface area (Å²) in [5.41, 5.74) is 3.50. The molecule has 2 aliphatic heterocycles. The number of nitrogens with zero attached hydrogens (tertiary/aromatic N) is 2. The summed E-state index contributed by atoms with van der Waals surface area (Å²) in [6.45, 7) is 5.21. The minimum atomic E-state index is -0.126. The molecule has 2 saturated heterocycles. The number of ether oxygens (including phenoxy) is 1. The number of hydrogen-bond acceptors (Lipinski definition) is 3. The van der Waals surface area contributed by atoms with Gasteiger partial charge in [0.1, 0.15) is 5.60 Å². The highest BCUT2D eigenvalue weighted by Gasteiger charge is 2.51. The lowest BCUT2D eigenvalue weighted by atomic mass is 9.88. The molecule has 1 spiro atoms.